The van der Waals surface area contributed by atoms with E-state index in [-0.39, 0.29) is 37.3 Å². The van der Waals surface area contributed by atoms with Crippen molar-refractivity contribution >= 4 is 46.7 Å². The van der Waals surface area contributed by atoms with Crippen molar-refractivity contribution in [2.24, 2.45) is 11.3 Å². The Morgan fingerprint density at radius 1 is 1.06 bits per heavy atom. The fourth-order valence-corrected chi connectivity index (χ4v) is 7.50. The molecule has 51 heavy (non-hydrogen) atoms. The molecule has 1 aromatic rings. The molecule has 0 aromatic heterocycles. The van der Waals surface area contributed by atoms with Crippen molar-refractivity contribution in [3.05, 3.63) is 34.9 Å². The molecule has 5 rings (SSSR count). The zero-order valence-electron chi connectivity index (χ0n) is 30.6. The number of hydrogen-bond donors (Lipinski definition) is 4. The number of likely N-dealkylation sites (tertiary alicyclic amines) is 1. The van der Waals surface area contributed by atoms with Crippen LogP contribution in [0.5, 0.6) is 5.75 Å². The Morgan fingerprint density at radius 3 is 2.41 bits per heavy atom. The zero-order chi connectivity index (χ0) is 36.9. The summed E-state index contributed by atoms with van der Waals surface area (Å²) < 4.78 is 5.58. The van der Waals surface area contributed by atoms with Crippen LogP contribution >= 0.6 is 11.6 Å². The van der Waals surface area contributed by atoms with Crippen LogP contribution in [0.2, 0.25) is 5.02 Å². The maximum atomic E-state index is 14.6. The van der Waals surface area contributed by atoms with E-state index >= 15 is 0 Å². The van der Waals surface area contributed by atoms with Gasteiger partial charge in [-0.15, -0.1) is 0 Å². The number of halogens is 1. The predicted octanol–water partition coefficient (Wildman–Crippen LogP) is 4.59. The van der Waals surface area contributed by atoms with Crippen molar-refractivity contribution in [3.8, 4) is 5.75 Å². The largest absolute Gasteiger partial charge is 0.492 e. The highest BCUT2D eigenvalue weighted by molar-refractivity contribution is 6.38. The molecule has 2 aliphatic heterocycles. The van der Waals surface area contributed by atoms with Gasteiger partial charge in [0, 0.05) is 24.4 Å². The number of carbonyl (C=O) groups excluding carboxylic acids is 5. The van der Waals surface area contributed by atoms with Gasteiger partial charge in [0.25, 0.3) is 5.91 Å². The Morgan fingerprint density at radius 2 is 1.78 bits per heavy atom. The highest BCUT2D eigenvalue weighted by Gasteiger charge is 2.54. The lowest BCUT2D eigenvalue weighted by Gasteiger charge is -2.36. The molecule has 4 amide bonds. The number of amides is 4. The van der Waals surface area contributed by atoms with Gasteiger partial charge in [-0.25, -0.2) is 0 Å². The van der Waals surface area contributed by atoms with E-state index < -0.39 is 52.6 Å². The van der Waals surface area contributed by atoms with E-state index in [0.717, 1.165) is 44.1 Å². The molecule has 4 atom stereocenters. The highest BCUT2D eigenvalue weighted by Crippen LogP contribution is 2.40. The Hall–Kier alpha value is -3.64. The molecule has 0 radical (unpaired) electrons. The van der Waals surface area contributed by atoms with E-state index in [9.17, 15) is 24.0 Å². The summed E-state index contributed by atoms with van der Waals surface area (Å²) in [5, 5.41) is 8.98. The molecule has 0 unspecified atom stereocenters. The van der Waals surface area contributed by atoms with Crippen molar-refractivity contribution < 1.29 is 33.5 Å². The average Bonchev–Trinajstić information content (AvgIpc) is 3.68. The first-order chi connectivity index (χ1) is 24.2. The molecular weight excluding hydrogens is 674 g/mol. The maximum Gasteiger partial charge on any atom is 0.289 e. The molecular formula is C38H54ClN5O7. The van der Waals surface area contributed by atoms with Gasteiger partial charge in [0.1, 0.15) is 23.4 Å². The molecule has 1 saturated heterocycles. The molecule has 12 nitrogen and oxygen atoms in total. The summed E-state index contributed by atoms with van der Waals surface area (Å²) >= 11 is 6.48. The highest BCUT2D eigenvalue weighted by atomic mass is 35.5. The van der Waals surface area contributed by atoms with Crippen LogP contribution in [0, 0.1) is 11.3 Å². The van der Waals surface area contributed by atoms with Crippen LogP contribution in [0.15, 0.2) is 24.3 Å². The molecule has 2 aliphatic carbocycles. The summed E-state index contributed by atoms with van der Waals surface area (Å²) in [6, 6.07) is 2.30. The number of nitrogens with one attached hydrogen (secondary N) is 4. The van der Waals surface area contributed by atoms with Gasteiger partial charge in [-0.05, 0) is 74.6 Å². The molecule has 280 valence electrons. The number of rotatable bonds is 14. The number of hydroxylamine groups is 1. The molecule has 0 bridgehead atoms. The minimum absolute atomic E-state index is 0.00478. The summed E-state index contributed by atoms with van der Waals surface area (Å²) in [4.78, 5) is 75.8. The van der Waals surface area contributed by atoms with Crippen molar-refractivity contribution in [2.75, 3.05) is 13.2 Å². The van der Waals surface area contributed by atoms with Gasteiger partial charge in [0.05, 0.1) is 29.9 Å². The summed E-state index contributed by atoms with van der Waals surface area (Å²) in [6.45, 7) is 9.86. The number of carbonyl (C=O) groups is 5. The lowest BCUT2D eigenvalue weighted by atomic mass is 9.84. The predicted molar refractivity (Wildman–Crippen MR) is 193 cm³/mol. The van der Waals surface area contributed by atoms with Crippen molar-refractivity contribution in [1.82, 2.24) is 26.3 Å². The van der Waals surface area contributed by atoms with E-state index in [0.29, 0.717) is 35.9 Å². The molecule has 1 aromatic carbocycles. The normalized spacial score (nSPS) is 23.2. The average molecular weight is 728 g/mol. The van der Waals surface area contributed by atoms with Crippen LogP contribution in [0.4, 0.5) is 0 Å². The van der Waals surface area contributed by atoms with E-state index in [1.807, 2.05) is 46.8 Å². The van der Waals surface area contributed by atoms with Gasteiger partial charge in [-0.1, -0.05) is 65.0 Å². The summed E-state index contributed by atoms with van der Waals surface area (Å²) in [7, 11) is 0. The van der Waals surface area contributed by atoms with Crippen LogP contribution in [0.1, 0.15) is 111 Å². The van der Waals surface area contributed by atoms with Gasteiger partial charge >= 0.3 is 0 Å². The Kier molecular flexibility index (Phi) is 12.4. The second-order valence-electron chi connectivity index (χ2n) is 15.6. The van der Waals surface area contributed by atoms with Crippen LogP contribution in [-0.2, 0) is 28.8 Å². The van der Waals surface area contributed by atoms with Crippen LogP contribution in [0.3, 0.4) is 0 Å². The monoisotopic (exact) mass is 727 g/mol. The molecule has 13 heteroatoms. The van der Waals surface area contributed by atoms with Gasteiger partial charge < -0.3 is 25.6 Å². The van der Waals surface area contributed by atoms with Crippen molar-refractivity contribution in [2.45, 2.75) is 135 Å². The second-order valence-corrected chi connectivity index (χ2v) is 16.0. The molecule has 4 aliphatic rings. The summed E-state index contributed by atoms with van der Waals surface area (Å²) in [5.74, 6) is -1.77. The summed E-state index contributed by atoms with van der Waals surface area (Å²) in [5.41, 5.74) is 2.51. The fourth-order valence-electron chi connectivity index (χ4n) is 7.26. The Bertz CT molecular complexity index is 1520. The molecule has 1 spiro atoms. The smallest absolute Gasteiger partial charge is 0.289 e. The molecule has 2 saturated carbocycles. The third-order valence-electron chi connectivity index (χ3n) is 10.2. The van der Waals surface area contributed by atoms with Gasteiger partial charge in [-0.3, -0.25) is 34.3 Å². The van der Waals surface area contributed by atoms with Crippen molar-refractivity contribution in [3.63, 3.8) is 0 Å². The number of nitrogens with zero attached hydrogens (tertiary/aromatic N) is 1. The molecule has 3 fully saturated rings. The van der Waals surface area contributed by atoms with E-state index in [4.69, 9.17) is 21.2 Å². The SMILES string of the molecule is CCC[C@H](NC(=O)[C@@H]1C[C@]2(C=C(c3ccc(OCC)c(Cl)c3)NO2)CN1C(=O)[C@@H](NC(=O)CC1CCCCC1)C(C)(C)C)C(=O)C(=O)NC1CC1. The number of ketones is 1. The van der Waals surface area contributed by atoms with E-state index in [2.05, 4.69) is 21.4 Å². The van der Waals surface area contributed by atoms with E-state index in [1.165, 1.54) is 11.3 Å². The lowest BCUT2D eigenvalue weighted by molar-refractivity contribution is -0.145. The first kappa shape index (κ1) is 38.6. The van der Waals surface area contributed by atoms with Gasteiger partial charge in [0.2, 0.25) is 23.5 Å². The maximum absolute atomic E-state index is 14.6. The lowest BCUT2D eigenvalue weighted by Crippen LogP contribution is -2.59. The van der Waals surface area contributed by atoms with Crippen molar-refractivity contribution in [1.29, 1.82) is 0 Å². The fraction of sp³-hybridized carbons (Fsp3) is 0.658. The minimum atomic E-state index is -1.11. The Labute approximate surface area is 306 Å². The van der Waals surface area contributed by atoms with Gasteiger partial charge in [0.15, 0.2) is 0 Å². The third kappa shape index (κ3) is 9.62. The van der Waals surface area contributed by atoms with E-state index in [1.54, 1.807) is 12.1 Å². The Balaban J connectivity index is 1.42. The van der Waals surface area contributed by atoms with Crippen LogP contribution in [-0.4, -0.2) is 77.2 Å². The molecule has 2 heterocycles. The second kappa shape index (κ2) is 16.4. The standard InChI is InChI=1S/C38H54ClN5O7/c1-6-11-27(32(46)35(48)40-25-15-16-25)41-34(47)29-21-38(20-28(43-51-38)24-14-17-30(50-7-2)26(39)19-24)22-44(29)36(49)33(37(3,4)5)42-31(45)18-23-12-9-8-10-13-23/h14,17,19-20,23,25,27,29,33,43H,6-13,15-16,18,21-22H2,1-5H3,(H,40,48)(H,41,47)(H,42,45)/t27-,29-,33+,38+/m0/s1. The summed E-state index contributed by atoms with van der Waals surface area (Å²) in [6.07, 6.45) is 10.1. The quantitative estimate of drug-likeness (QED) is 0.203. The number of hydrogen-bond acceptors (Lipinski definition) is 8. The molecule has 4 N–H and O–H groups in total. The third-order valence-corrected chi connectivity index (χ3v) is 10.5. The number of Topliss-reactive ketones (excluding diaryl/α,β-unsaturated/α-hetero) is 1. The first-order valence-electron chi connectivity index (χ1n) is 18.6. The van der Waals surface area contributed by atoms with Crippen LogP contribution in [0.25, 0.3) is 5.70 Å². The van der Waals surface area contributed by atoms with Gasteiger partial charge in [-0.2, -0.15) is 0 Å². The number of benzene rings is 1. The minimum Gasteiger partial charge on any atom is -0.492 e. The zero-order valence-corrected chi connectivity index (χ0v) is 31.3. The van der Waals surface area contributed by atoms with Crippen LogP contribution < -0.4 is 26.2 Å². The first-order valence-corrected chi connectivity index (χ1v) is 19.0. The number of ether oxygens (including phenoxy) is 1. The topological polar surface area (TPSA) is 155 Å².